The van der Waals surface area contributed by atoms with Gasteiger partial charge in [-0.1, -0.05) is 6.92 Å². The highest BCUT2D eigenvalue weighted by Crippen LogP contribution is 2.18. The number of rotatable bonds is 4. The largest absolute Gasteiger partial charge is 0.354 e. The molecule has 0 spiro atoms. The molecule has 1 aliphatic heterocycles. The average molecular weight is 317 g/mol. The molecule has 5 nitrogen and oxygen atoms in total. The fraction of sp³-hybridized carbons (Fsp3) is 0.562. The van der Waals surface area contributed by atoms with Crippen molar-refractivity contribution in [2.75, 3.05) is 31.1 Å². The Morgan fingerprint density at radius 3 is 2.55 bits per heavy atom. The summed E-state index contributed by atoms with van der Waals surface area (Å²) in [4.78, 5) is 19.6. The molecule has 0 atom stereocenters. The van der Waals surface area contributed by atoms with Crippen LogP contribution in [0.25, 0.3) is 0 Å². The van der Waals surface area contributed by atoms with Gasteiger partial charge in [-0.3, -0.25) is 4.90 Å². The molecule has 0 radical (unpaired) electrons. The molecule has 0 N–H and O–H groups in total. The molecule has 0 amide bonds. The third-order valence-corrected chi connectivity index (χ3v) is 4.88. The van der Waals surface area contributed by atoms with Crippen LogP contribution in [0.4, 0.5) is 5.82 Å². The Morgan fingerprint density at radius 2 is 1.91 bits per heavy atom. The summed E-state index contributed by atoms with van der Waals surface area (Å²) in [6, 6.07) is 2.13. The molecule has 2 aromatic heterocycles. The summed E-state index contributed by atoms with van der Waals surface area (Å²) in [7, 11) is 0. The van der Waals surface area contributed by atoms with Crippen LogP contribution in [0.15, 0.2) is 12.3 Å². The zero-order valence-electron chi connectivity index (χ0n) is 13.5. The molecule has 3 rings (SSSR count). The van der Waals surface area contributed by atoms with Crippen LogP contribution >= 0.6 is 11.3 Å². The highest BCUT2D eigenvalue weighted by molar-refractivity contribution is 7.11. The summed E-state index contributed by atoms with van der Waals surface area (Å²) in [6.45, 7) is 11.4. The van der Waals surface area contributed by atoms with Crippen LogP contribution in [0.2, 0.25) is 0 Å². The zero-order chi connectivity index (χ0) is 15.5. The van der Waals surface area contributed by atoms with Crippen LogP contribution < -0.4 is 4.90 Å². The molecule has 0 saturated carbocycles. The Morgan fingerprint density at radius 1 is 1.14 bits per heavy atom. The predicted octanol–water partition coefficient (Wildman–Crippen LogP) is 2.43. The smallest absolute Gasteiger partial charge is 0.132 e. The molecule has 1 saturated heterocycles. The lowest BCUT2D eigenvalue weighted by molar-refractivity contribution is 0.251. The Labute approximate surface area is 136 Å². The SMILES string of the molecule is CCc1cc(N2CCN(Cc3cnc(C)s3)CC2)nc(C)n1. The normalized spacial score (nSPS) is 16.2. The summed E-state index contributed by atoms with van der Waals surface area (Å²) in [5, 5.41) is 1.15. The molecule has 0 bridgehead atoms. The molecule has 2 aromatic rings. The van der Waals surface area contributed by atoms with Crippen molar-refractivity contribution in [3.63, 3.8) is 0 Å². The van der Waals surface area contributed by atoms with Crippen molar-refractivity contribution in [3.05, 3.63) is 33.7 Å². The first-order valence-electron chi connectivity index (χ1n) is 7.87. The van der Waals surface area contributed by atoms with E-state index in [-0.39, 0.29) is 0 Å². The van der Waals surface area contributed by atoms with Gasteiger partial charge >= 0.3 is 0 Å². The van der Waals surface area contributed by atoms with Crippen LogP contribution in [0.1, 0.15) is 28.3 Å². The number of thiazole rings is 1. The van der Waals surface area contributed by atoms with Crippen molar-refractivity contribution >= 4 is 17.2 Å². The van der Waals surface area contributed by atoms with Crippen molar-refractivity contribution in [2.24, 2.45) is 0 Å². The number of piperazine rings is 1. The molecule has 6 heteroatoms. The van der Waals surface area contributed by atoms with Gasteiger partial charge in [0.1, 0.15) is 11.6 Å². The monoisotopic (exact) mass is 317 g/mol. The first-order chi connectivity index (χ1) is 10.6. The topological polar surface area (TPSA) is 45.2 Å². The maximum absolute atomic E-state index is 4.61. The van der Waals surface area contributed by atoms with Crippen LogP contribution in [0.5, 0.6) is 0 Å². The predicted molar refractivity (Wildman–Crippen MR) is 90.5 cm³/mol. The maximum Gasteiger partial charge on any atom is 0.132 e. The minimum atomic E-state index is 0.872. The first-order valence-corrected chi connectivity index (χ1v) is 8.69. The fourth-order valence-electron chi connectivity index (χ4n) is 2.79. The number of hydrogen-bond acceptors (Lipinski definition) is 6. The second kappa shape index (κ2) is 6.71. The first kappa shape index (κ1) is 15.4. The highest BCUT2D eigenvalue weighted by atomic mass is 32.1. The van der Waals surface area contributed by atoms with Crippen LogP contribution in [0.3, 0.4) is 0 Å². The van der Waals surface area contributed by atoms with Crippen LogP contribution in [0, 0.1) is 13.8 Å². The van der Waals surface area contributed by atoms with Gasteiger partial charge in [0.15, 0.2) is 0 Å². The van der Waals surface area contributed by atoms with E-state index in [1.807, 2.05) is 13.1 Å². The van der Waals surface area contributed by atoms with Crippen LogP contribution in [-0.4, -0.2) is 46.0 Å². The number of anilines is 1. The Hall–Kier alpha value is -1.53. The van der Waals surface area contributed by atoms with Gasteiger partial charge in [0, 0.05) is 55.6 Å². The lowest BCUT2D eigenvalue weighted by Crippen LogP contribution is -2.46. The molecule has 1 aliphatic rings. The average Bonchev–Trinajstić information content (AvgIpc) is 2.92. The number of aromatic nitrogens is 3. The Balaban J connectivity index is 1.60. The Kier molecular flexibility index (Phi) is 4.69. The van der Waals surface area contributed by atoms with E-state index in [0.717, 1.165) is 61.5 Å². The molecule has 118 valence electrons. The fourth-order valence-corrected chi connectivity index (χ4v) is 3.63. The van der Waals surface area contributed by atoms with E-state index in [9.17, 15) is 0 Å². The van der Waals surface area contributed by atoms with Crippen LogP contribution in [-0.2, 0) is 13.0 Å². The van der Waals surface area contributed by atoms with E-state index in [1.165, 1.54) is 4.88 Å². The molecule has 0 unspecified atom stereocenters. The number of nitrogens with zero attached hydrogens (tertiary/aromatic N) is 5. The van der Waals surface area contributed by atoms with Gasteiger partial charge in [-0.2, -0.15) is 0 Å². The molecule has 0 aliphatic carbocycles. The van der Waals surface area contributed by atoms with E-state index in [1.54, 1.807) is 11.3 Å². The van der Waals surface area contributed by atoms with E-state index in [2.05, 4.69) is 44.7 Å². The third-order valence-electron chi connectivity index (χ3n) is 3.98. The van der Waals surface area contributed by atoms with E-state index >= 15 is 0 Å². The quantitative estimate of drug-likeness (QED) is 0.866. The molecule has 22 heavy (non-hydrogen) atoms. The second-order valence-electron chi connectivity index (χ2n) is 5.73. The van der Waals surface area contributed by atoms with Gasteiger partial charge in [0.25, 0.3) is 0 Å². The number of hydrogen-bond donors (Lipinski definition) is 0. The van der Waals surface area contributed by atoms with E-state index in [4.69, 9.17) is 0 Å². The van der Waals surface area contributed by atoms with Gasteiger partial charge in [0.05, 0.1) is 5.01 Å². The summed E-state index contributed by atoms with van der Waals surface area (Å²) < 4.78 is 0. The van der Waals surface area contributed by atoms with Gasteiger partial charge in [-0.15, -0.1) is 11.3 Å². The molecular formula is C16H23N5S. The standard InChI is InChI=1S/C16H23N5S/c1-4-14-9-16(19-12(2)18-14)21-7-5-20(6-8-21)11-15-10-17-13(3)22-15/h9-10H,4-8,11H2,1-3H3. The molecule has 3 heterocycles. The third kappa shape index (κ3) is 3.62. The van der Waals surface area contributed by atoms with Crippen molar-refractivity contribution in [3.8, 4) is 0 Å². The van der Waals surface area contributed by atoms with Gasteiger partial charge < -0.3 is 4.90 Å². The minimum Gasteiger partial charge on any atom is -0.354 e. The molecular weight excluding hydrogens is 294 g/mol. The zero-order valence-corrected chi connectivity index (χ0v) is 14.4. The van der Waals surface area contributed by atoms with Gasteiger partial charge in [-0.25, -0.2) is 15.0 Å². The summed E-state index contributed by atoms with van der Waals surface area (Å²) in [6.07, 6.45) is 2.97. The van der Waals surface area contributed by atoms with E-state index < -0.39 is 0 Å². The van der Waals surface area contributed by atoms with Crippen molar-refractivity contribution in [1.82, 2.24) is 19.9 Å². The van der Waals surface area contributed by atoms with E-state index in [0.29, 0.717) is 0 Å². The summed E-state index contributed by atoms with van der Waals surface area (Å²) in [5.74, 6) is 1.95. The summed E-state index contributed by atoms with van der Waals surface area (Å²) >= 11 is 1.80. The Bertz CT molecular complexity index is 631. The summed E-state index contributed by atoms with van der Waals surface area (Å²) in [5.41, 5.74) is 1.13. The maximum atomic E-state index is 4.61. The minimum absolute atomic E-state index is 0.872. The lowest BCUT2D eigenvalue weighted by Gasteiger charge is -2.35. The molecule has 1 fully saturated rings. The highest BCUT2D eigenvalue weighted by Gasteiger charge is 2.19. The van der Waals surface area contributed by atoms with Gasteiger partial charge in [-0.05, 0) is 20.3 Å². The lowest BCUT2D eigenvalue weighted by atomic mass is 10.2. The molecule has 0 aromatic carbocycles. The van der Waals surface area contributed by atoms with Crippen molar-refractivity contribution in [2.45, 2.75) is 33.7 Å². The second-order valence-corrected chi connectivity index (χ2v) is 7.05. The van der Waals surface area contributed by atoms with Crippen molar-refractivity contribution in [1.29, 1.82) is 0 Å². The van der Waals surface area contributed by atoms with Crippen molar-refractivity contribution < 1.29 is 0 Å². The number of aryl methyl sites for hydroxylation is 3. The van der Waals surface area contributed by atoms with Gasteiger partial charge in [0.2, 0.25) is 0 Å².